The van der Waals surface area contributed by atoms with E-state index in [1.54, 1.807) is 18.5 Å². The molecule has 4 nitrogen and oxygen atoms in total. The lowest BCUT2D eigenvalue weighted by Crippen LogP contribution is -2.45. The van der Waals surface area contributed by atoms with E-state index in [9.17, 15) is 9.18 Å². The number of hydrogen-bond acceptors (Lipinski definition) is 3. The highest BCUT2D eigenvalue weighted by Crippen LogP contribution is 2.45. The van der Waals surface area contributed by atoms with Crippen molar-refractivity contribution in [2.24, 2.45) is 0 Å². The first-order valence-corrected chi connectivity index (χ1v) is 11.6. The van der Waals surface area contributed by atoms with E-state index >= 15 is 0 Å². The lowest BCUT2D eigenvalue weighted by atomic mass is 9.77. The van der Waals surface area contributed by atoms with Gasteiger partial charge < -0.3 is 4.90 Å². The van der Waals surface area contributed by atoms with E-state index in [0.29, 0.717) is 6.42 Å². The molecule has 0 unspecified atom stereocenters. The topological polar surface area (TPSA) is 46.1 Å². The van der Waals surface area contributed by atoms with E-state index in [1.807, 2.05) is 29.2 Å². The van der Waals surface area contributed by atoms with Crippen molar-refractivity contribution in [3.8, 4) is 0 Å². The predicted molar refractivity (Wildman–Crippen MR) is 122 cm³/mol. The molecule has 1 aliphatic carbocycles. The van der Waals surface area contributed by atoms with Crippen molar-refractivity contribution >= 4 is 5.91 Å². The molecule has 0 N–H and O–H groups in total. The predicted octanol–water partition coefficient (Wildman–Crippen LogP) is 5.38. The van der Waals surface area contributed by atoms with Gasteiger partial charge in [-0.1, -0.05) is 55.3 Å². The smallest absolute Gasteiger partial charge is 0.233 e. The summed E-state index contributed by atoms with van der Waals surface area (Å²) in [5.74, 6) is -0.0111. The fourth-order valence-corrected chi connectivity index (χ4v) is 5.48. The van der Waals surface area contributed by atoms with Gasteiger partial charge in [-0.3, -0.25) is 14.8 Å². The lowest BCUT2D eigenvalue weighted by Gasteiger charge is -2.35. The maximum absolute atomic E-state index is 14.0. The molecule has 5 rings (SSSR count). The van der Waals surface area contributed by atoms with Gasteiger partial charge in [0.05, 0.1) is 29.0 Å². The summed E-state index contributed by atoms with van der Waals surface area (Å²) in [5, 5.41) is 0. The number of nitrogens with zero attached hydrogens (tertiary/aromatic N) is 3. The van der Waals surface area contributed by atoms with E-state index in [0.717, 1.165) is 67.6 Å². The Morgan fingerprint density at radius 3 is 2.62 bits per heavy atom. The number of likely N-dealkylation sites (tertiary alicyclic amines) is 1. The molecular weight excluding hydrogens is 401 g/mol. The van der Waals surface area contributed by atoms with Crippen LogP contribution in [-0.4, -0.2) is 27.3 Å². The maximum Gasteiger partial charge on any atom is 0.233 e. The number of amides is 1. The Labute approximate surface area is 188 Å². The van der Waals surface area contributed by atoms with Gasteiger partial charge in [0.15, 0.2) is 0 Å². The molecule has 1 saturated heterocycles. The largest absolute Gasteiger partial charge is 0.333 e. The Kier molecular flexibility index (Phi) is 5.73. The van der Waals surface area contributed by atoms with Crippen molar-refractivity contribution in [2.45, 2.75) is 56.4 Å². The Bertz CT molecular complexity index is 1090. The molecule has 2 aliphatic rings. The SMILES string of the molecule is O=C(N1CCC[C@@H]1c1cncc(Cc2cccc(F)c2)n1)C1(c2ccccc2)CCCC1. The molecule has 2 fully saturated rings. The van der Waals surface area contributed by atoms with E-state index < -0.39 is 5.41 Å². The molecule has 1 amide bonds. The normalized spacial score (nSPS) is 19.9. The minimum Gasteiger partial charge on any atom is -0.333 e. The Balaban J connectivity index is 1.42. The van der Waals surface area contributed by atoms with Gasteiger partial charge in [0.1, 0.15) is 5.82 Å². The standard InChI is InChI=1S/C27H28FN3O/c28-22-11-6-8-20(16-22)17-23-18-29-19-24(30-23)25-12-7-15-31(25)26(32)27(13-4-5-14-27)21-9-2-1-3-10-21/h1-3,6,8-11,16,18-19,25H,4-5,7,12-15,17H2/t25-/m1/s1. The van der Waals surface area contributed by atoms with E-state index in [1.165, 1.54) is 12.1 Å². The molecule has 0 spiro atoms. The summed E-state index contributed by atoms with van der Waals surface area (Å²) in [6.07, 6.45) is 9.89. The number of aromatic nitrogens is 2. The van der Waals surface area contributed by atoms with Crippen LogP contribution in [0.5, 0.6) is 0 Å². The summed E-state index contributed by atoms with van der Waals surface area (Å²) in [6.45, 7) is 0.758. The van der Waals surface area contributed by atoms with Gasteiger partial charge in [-0.05, 0) is 48.9 Å². The van der Waals surface area contributed by atoms with Crippen LogP contribution in [0.15, 0.2) is 67.0 Å². The van der Waals surface area contributed by atoms with Gasteiger partial charge in [-0.2, -0.15) is 0 Å². The molecular formula is C27H28FN3O. The monoisotopic (exact) mass is 429 g/mol. The summed E-state index contributed by atoms with van der Waals surface area (Å²) in [4.78, 5) is 25.3. The summed E-state index contributed by atoms with van der Waals surface area (Å²) in [7, 11) is 0. The third-order valence-corrected chi connectivity index (χ3v) is 7.03. The Hall–Kier alpha value is -3.08. The van der Waals surface area contributed by atoms with E-state index in [-0.39, 0.29) is 17.8 Å². The zero-order valence-corrected chi connectivity index (χ0v) is 18.2. The highest BCUT2D eigenvalue weighted by atomic mass is 19.1. The van der Waals surface area contributed by atoms with Gasteiger partial charge in [-0.15, -0.1) is 0 Å². The quantitative estimate of drug-likeness (QED) is 0.547. The van der Waals surface area contributed by atoms with Crippen molar-refractivity contribution in [1.82, 2.24) is 14.9 Å². The molecule has 1 atom stereocenters. The molecule has 1 aromatic heterocycles. The minimum atomic E-state index is -0.420. The zero-order chi connectivity index (χ0) is 22.0. The van der Waals surface area contributed by atoms with Crippen LogP contribution in [0.3, 0.4) is 0 Å². The van der Waals surface area contributed by atoms with Crippen LogP contribution in [-0.2, 0) is 16.6 Å². The highest BCUT2D eigenvalue weighted by Gasteiger charge is 2.47. The maximum atomic E-state index is 14.0. The number of benzene rings is 2. The first kappa shape index (κ1) is 20.8. The molecule has 164 valence electrons. The number of hydrogen-bond donors (Lipinski definition) is 0. The zero-order valence-electron chi connectivity index (χ0n) is 18.2. The second-order valence-corrected chi connectivity index (χ2v) is 9.05. The fourth-order valence-electron chi connectivity index (χ4n) is 5.48. The van der Waals surface area contributed by atoms with Crippen LogP contribution in [0.25, 0.3) is 0 Å². The summed E-state index contributed by atoms with van der Waals surface area (Å²) in [5.41, 5.74) is 3.22. The molecule has 1 saturated carbocycles. The molecule has 2 heterocycles. The van der Waals surface area contributed by atoms with Gasteiger partial charge in [0.2, 0.25) is 5.91 Å². The van der Waals surface area contributed by atoms with Crippen molar-refractivity contribution in [1.29, 1.82) is 0 Å². The molecule has 3 aromatic rings. The average Bonchev–Trinajstić information content (AvgIpc) is 3.50. The molecule has 5 heteroatoms. The number of halogens is 1. The molecule has 0 bridgehead atoms. The first-order valence-electron chi connectivity index (χ1n) is 11.6. The van der Waals surface area contributed by atoms with Crippen LogP contribution in [0.1, 0.15) is 67.1 Å². The number of rotatable bonds is 5. The summed E-state index contributed by atoms with van der Waals surface area (Å²) >= 11 is 0. The van der Waals surface area contributed by atoms with Gasteiger partial charge >= 0.3 is 0 Å². The molecule has 32 heavy (non-hydrogen) atoms. The van der Waals surface area contributed by atoms with Gasteiger partial charge in [0, 0.05) is 19.2 Å². The Morgan fingerprint density at radius 2 is 1.84 bits per heavy atom. The van der Waals surface area contributed by atoms with Crippen LogP contribution in [0.2, 0.25) is 0 Å². The third kappa shape index (κ3) is 3.92. The lowest BCUT2D eigenvalue weighted by molar-refractivity contribution is -0.138. The highest BCUT2D eigenvalue weighted by molar-refractivity contribution is 5.89. The van der Waals surface area contributed by atoms with Crippen molar-refractivity contribution in [2.75, 3.05) is 6.54 Å². The third-order valence-electron chi connectivity index (χ3n) is 7.03. The van der Waals surface area contributed by atoms with E-state index in [2.05, 4.69) is 17.1 Å². The molecule has 2 aromatic carbocycles. The second kappa shape index (κ2) is 8.81. The van der Waals surface area contributed by atoms with E-state index in [4.69, 9.17) is 4.98 Å². The first-order chi connectivity index (χ1) is 15.7. The van der Waals surface area contributed by atoms with Crippen LogP contribution in [0.4, 0.5) is 4.39 Å². The summed E-state index contributed by atoms with van der Waals surface area (Å²) in [6, 6.07) is 16.8. The van der Waals surface area contributed by atoms with Gasteiger partial charge in [0.25, 0.3) is 0 Å². The number of carbonyl (C=O) groups is 1. The van der Waals surface area contributed by atoms with Crippen LogP contribution in [0, 0.1) is 5.82 Å². The van der Waals surface area contributed by atoms with Crippen molar-refractivity contribution in [3.05, 3.63) is 95.3 Å². The Morgan fingerprint density at radius 1 is 1.03 bits per heavy atom. The minimum absolute atomic E-state index is 0.0522. The molecule has 1 aliphatic heterocycles. The fraction of sp³-hybridized carbons (Fsp3) is 0.370. The van der Waals surface area contributed by atoms with Crippen molar-refractivity contribution < 1.29 is 9.18 Å². The second-order valence-electron chi connectivity index (χ2n) is 9.05. The van der Waals surface area contributed by atoms with Crippen LogP contribution < -0.4 is 0 Å². The molecule has 0 radical (unpaired) electrons. The van der Waals surface area contributed by atoms with Crippen LogP contribution >= 0.6 is 0 Å². The van der Waals surface area contributed by atoms with Crippen molar-refractivity contribution in [3.63, 3.8) is 0 Å². The number of carbonyl (C=O) groups excluding carboxylic acids is 1. The van der Waals surface area contributed by atoms with Gasteiger partial charge in [-0.25, -0.2) is 4.39 Å². The average molecular weight is 430 g/mol. The summed E-state index contributed by atoms with van der Waals surface area (Å²) < 4.78 is 13.6.